The van der Waals surface area contributed by atoms with Gasteiger partial charge in [0.25, 0.3) is 11.6 Å². The van der Waals surface area contributed by atoms with Crippen LogP contribution in [0.5, 0.6) is 11.7 Å². The fourth-order valence-corrected chi connectivity index (χ4v) is 1.74. The van der Waals surface area contributed by atoms with Crippen molar-refractivity contribution < 1.29 is 18.9 Å². The fourth-order valence-electron chi connectivity index (χ4n) is 1.28. The predicted octanol–water partition coefficient (Wildman–Crippen LogP) is 3.56. The molecule has 0 unspecified atom stereocenters. The van der Waals surface area contributed by atoms with Crippen molar-refractivity contribution in [2.75, 3.05) is 0 Å². The fraction of sp³-hybridized carbons (Fsp3) is 0. The summed E-state index contributed by atoms with van der Waals surface area (Å²) < 4.78 is 10.8. The number of carbonyl (C=O) groups excluding carboxylic acids is 1. The molecule has 0 fully saturated rings. The van der Waals surface area contributed by atoms with E-state index >= 15 is 0 Å². The van der Waals surface area contributed by atoms with Gasteiger partial charge < -0.3 is 9.15 Å². The van der Waals surface area contributed by atoms with Gasteiger partial charge in [-0.15, -0.1) is 0 Å². The molecule has 6 nitrogen and oxygen atoms in total. The lowest BCUT2D eigenvalue weighted by molar-refractivity contribution is -0.385. The van der Waals surface area contributed by atoms with Gasteiger partial charge >= 0.3 is 0 Å². The van der Waals surface area contributed by atoms with E-state index in [0.717, 1.165) is 0 Å². The van der Waals surface area contributed by atoms with Gasteiger partial charge in [0.2, 0.25) is 0 Å². The molecule has 0 aliphatic heterocycles. The minimum absolute atomic E-state index is 0.0875. The number of rotatable bonds is 4. The lowest BCUT2D eigenvalue weighted by Gasteiger charge is -2.02. The first-order valence-corrected chi connectivity index (χ1v) is 5.55. The Morgan fingerprint density at radius 2 is 2.11 bits per heavy atom. The second-order valence-electron chi connectivity index (χ2n) is 3.28. The molecular weight excluding hydrogens is 306 g/mol. The molecule has 0 saturated heterocycles. The Kier molecular flexibility index (Phi) is 3.42. The zero-order chi connectivity index (χ0) is 13.1. The first-order chi connectivity index (χ1) is 8.58. The van der Waals surface area contributed by atoms with Gasteiger partial charge in [-0.25, -0.2) is 0 Å². The average molecular weight is 312 g/mol. The Hall–Kier alpha value is -2.15. The highest BCUT2D eigenvalue weighted by Crippen LogP contribution is 2.30. The van der Waals surface area contributed by atoms with E-state index in [1.54, 1.807) is 6.07 Å². The van der Waals surface area contributed by atoms with Crippen LogP contribution >= 0.6 is 15.9 Å². The van der Waals surface area contributed by atoms with Crippen molar-refractivity contribution in [3.05, 3.63) is 50.7 Å². The van der Waals surface area contributed by atoms with E-state index < -0.39 is 4.92 Å². The normalized spacial score (nSPS) is 10.1. The van der Waals surface area contributed by atoms with Crippen molar-refractivity contribution in [2.24, 2.45) is 0 Å². The molecule has 0 aliphatic rings. The van der Waals surface area contributed by atoms with Gasteiger partial charge in [-0.2, -0.15) is 0 Å². The molecular formula is C11H6BrNO5. The molecule has 18 heavy (non-hydrogen) atoms. The van der Waals surface area contributed by atoms with Gasteiger partial charge in [0.05, 0.1) is 11.0 Å². The van der Waals surface area contributed by atoms with Crippen molar-refractivity contribution in [1.82, 2.24) is 0 Å². The Labute approximate surface area is 109 Å². The van der Waals surface area contributed by atoms with Crippen LogP contribution < -0.4 is 4.74 Å². The van der Waals surface area contributed by atoms with Gasteiger partial charge in [-0.05, 0) is 12.1 Å². The van der Waals surface area contributed by atoms with Gasteiger partial charge in [-0.1, -0.05) is 15.9 Å². The number of nitro groups is 1. The molecule has 0 radical (unpaired) electrons. The third-order valence-electron chi connectivity index (χ3n) is 2.00. The molecule has 0 saturated carbocycles. The maximum Gasteiger partial charge on any atom is 0.290 e. The number of hydrogen-bond donors (Lipinski definition) is 0. The second kappa shape index (κ2) is 5.01. The first-order valence-electron chi connectivity index (χ1n) is 4.76. The standard InChI is InChI=1S/C11H6BrNO5/c12-7-3-8(13(15)16)5-10(4-7)18-11-2-1-9(6-14)17-11/h1-6H. The van der Waals surface area contributed by atoms with Crippen molar-refractivity contribution in [1.29, 1.82) is 0 Å². The topological polar surface area (TPSA) is 82.6 Å². The van der Waals surface area contributed by atoms with Gasteiger partial charge in [-0.3, -0.25) is 14.9 Å². The van der Waals surface area contributed by atoms with Crippen molar-refractivity contribution in [2.45, 2.75) is 0 Å². The summed E-state index contributed by atoms with van der Waals surface area (Å²) in [6, 6.07) is 7.06. The van der Waals surface area contributed by atoms with Crippen LogP contribution in [0, 0.1) is 10.1 Å². The summed E-state index contributed by atoms with van der Waals surface area (Å²) in [5.41, 5.74) is -0.110. The summed E-state index contributed by atoms with van der Waals surface area (Å²) in [4.78, 5) is 20.6. The van der Waals surface area contributed by atoms with E-state index in [1.165, 1.54) is 24.3 Å². The minimum Gasteiger partial charge on any atom is -0.426 e. The van der Waals surface area contributed by atoms with Crippen molar-refractivity contribution >= 4 is 27.9 Å². The van der Waals surface area contributed by atoms with E-state index in [9.17, 15) is 14.9 Å². The van der Waals surface area contributed by atoms with Gasteiger partial charge in [0.1, 0.15) is 5.75 Å². The Morgan fingerprint density at radius 1 is 1.33 bits per heavy atom. The summed E-state index contributed by atoms with van der Waals surface area (Å²) in [5.74, 6) is 0.446. The van der Waals surface area contributed by atoms with Crippen LogP contribution in [0.3, 0.4) is 0 Å². The number of halogens is 1. The molecule has 1 aromatic heterocycles. The molecule has 92 valence electrons. The molecule has 0 N–H and O–H groups in total. The zero-order valence-electron chi connectivity index (χ0n) is 8.83. The van der Waals surface area contributed by atoms with E-state index in [0.29, 0.717) is 10.8 Å². The van der Waals surface area contributed by atoms with Crippen molar-refractivity contribution in [3.8, 4) is 11.7 Å². The number of ether oxygens (including phenoxy) is 1. The van der Waals surface area contributed by atoms with Crippen LogP contribution in [0.15, 0.2) is 39.2 Å². The number of nitro benzene ring substituents is 1. The predicted molar refractivity (Wildman–Crippen MR) is 65.0 cm³/mol. The average Bonchev–Trinajstić information content (AvgIpc) is 2.76. The third-order valence-corrected chi connectivity index (χ3v) is 2.46. The smallest absolute Gasteiger partial charge is 0.290 e. The number of non-ortho nitro benzene ring substituents is 1. The lowest BCUT2D eigenvalue weighted by Crippen LogP contribution is -1.89. The molecule has 2 rings (SSSR count). The Morgan fingerprint density at radius 3 is 2.72 bits per heavy atom. The highest BCUT2D eigenvalue weighted by atomic mass is 79.9. The number of hydrogen-bond acceptors (Lipinski definition) is 5. The van der Waals surface area contributed by atoms with Crippen LogP contribution in [0.2, 0.25) is 0 Å². The quantitative estimate of drug-likeness (QED) is 0.490. The molecule has 7 heteroatoms. The number of nitrogens with zero attached hydrogens (tertiary/aromatic N) is 1. The SMILES string of the molecule is O=Cc1ccc(Oc2cc(Br)cc([N+](=O)[O-])c2)o1. The molecule has 1 aromatic carbocycles. The lowest BCUT2D eigenvalue weighted by atomic mass is 10.3. The molecule has 2 aromatic rings. The van der Waals surface area contributed by atoms with Crippen LogP contribution in [0.25, 0.3) is 0 Å². The molecule has 0 aliphatic carbocycles. The number of benzene rings is 1. The Balaban J connectivity index is 2.28. The van der Waals surface area contributed by atoms with E-state index in [4.69, 9.17) is 9.15 Å². The molecule has 0 atom stereocenters. The molecule has 0 bridgehead atoms. The second-order valence-corrected chi connectivity index (χ2v) is 4.19. The monoisotopic (exact) mass is 311 g/mol. The number of furan rings is 1. The molecule has 0 amide bonds. The zero-order valence-corrected chi connectivity index (χ0v) is 10.4. The summed E-state index contributed by atoms with van der Waals surface area (Å²) in [7, 11) is 0. The summed E-state index contributed by atoms with van der Waals surface area (Å²) in [6.45, 7) is 0. The van der Waals surface area contributed by atoms with Gasteiger partial charge in [0.15, 0.2) is 12.0 Å². The van der Waals surface area contributed by atoms with Crippen LogP contribution in [-0.2, 0) is 0 Å². The van der Waals surface area contributed by atoms with Crippen LogP contribution in [-0.4, -0.2) is 11.2 Å². The Bertz CT molecular complexity index is 607. The third kappa shape index (κ3) is 2.75. The van der Waals surface area contributed by atoms with E-state index in [1.807, 2.05) is 0 Å². The number of carbonyl (C=O) groups is 1. The maximum atomic E-state index is 10.7. The maximum absolute atomic E-state index is 10.7. The summed E-state index contributed by atoms with van der Waals surface area (Å²) in [5, 5.41) is 10.7. The first kappa shape index (κ1) is 12.3. The van der Waals surface area contributed by atoms with Crippen molar-refractivity contribution in [3.63, 3.8) is 0 Å². The minimum atomic E-state index is -0.531. The van der Waals surface area contributed by atoms with Gasteiger partial charge in [0, 0.05) is 16.6 Å². The summed E-state index contributed by atoms with van der Waals surface area (Å²) >= 11 is 3.14. The highest BCUT2D eigenvalue weighted by Gasteiger charge is 2.11. The molecule has 0 spiro atoms. The summed E-state index contributed by atoms with van der Waals surface area (Å²) in [6.07, 6.45) is 0.538. The largest absolute Gasteiger partial charge is 0.426 e. The number of aldehydes is 1. The van der Waals surface area contributed by atoms with Crippen LogP contribution in [0.4, 0.5) is 5.69 Å². The molecule has 1 heterocycles. The highest BCUT2D eigenvalue weighted by molar-refractivity contribution is 9.10. The van der Waals surface area contributed by atoms with E-state index in [-0.39, 0.29) is 23.1 Å². The van der Waals surface area contributed by atoms with E-state index in [2.05, 4.69) is 15.9 Å². The van der Waals surface area contributed by atoms with Crippen LogP contribution in [0.1, 0.15) is 10.6 Å².